The maximum atomic E-state index is 13.2. The summed E-state index contributed by atoms with van der Waals surface area (Å²) in [5, 5.41) is 20.8. The van der Waals surface area contributed by atoms with Crippen LogP contribution in [0.15, 0.2) is 29.2 Å². The average Bonchev–Trinajstić information content (AvgIpc) is 2.77. The molecule has 0 saturated carbocycles. The van der Waals surface area contributed by atoms with Gasteiger partial charge in [-0.25, -0.2) is 9.78 Å². The normalized spacial score (nSPS) is 15.1. The quantitative estimate of drug-likeness (QED) is 0.630. The molecule has 4 rings (SSSR count). The molecule has 10 nitrogen and oxygen atoms in total. The molecule has 1 aliphatic heterocycles. The standard InChI is InChI=1S/C21H24N6O4/c1-12-10-15(13(2)23-18-14(20(29)30)4-5-22-25-18)17-16(11-12)19(28)26(3)21(24-17)27-6-8-31-9-7-27/h4-5,10-11,13H,6-9H2,1-3H3,(H,23,25)(H,29,30)/t13-/m1/s1. The second-order valence-corrected chi connectivity index (χ2v) is 7.59. The zero-order chi connectivity index (χ0) is 22.1. The lowest BCUT2D eigenvalue weighted by Crippen LogP contribution is -2.40. The Labute approximate surface area is 178 Å². The Hall–Kier alpha value is -3.53. The van der Waals surface area contributed by atoms with Crippen molar-refractivity contribution < 1.29 is 14.6 Å². The van der Waals surface area contributed by atoms with Gasteiger partial charge in [0.25, 0.3) is 5.56 Å². The number of fused-ring (bicyclic) bond motifs is 1. The number of carbonyl (C=O) groups is 1. The number of anilines is 2. The molecule has 10 heteroatoms. The number of hydrogen-bond donors (Lipinski definition) is 2. The maximum Gasteiger partial charge on any atom is 0.339 e. The van der Waals surface area contributed by atoms with Crippen molar-refractivity contribution in [2.45, 2.75) is 19.9 Å². The van der Waals surface area contributed by atoms with Gasteiger partial charge in [-0.1, -0.05) is 6.07 Å². The first-order valence-corrected chi connectivity index (χ1v) is 10.0. The number of carboxylic acid groups (broad SMARTS) is 1. The Morgan fingerprint density at radius 1 is 1.29 bits per heavy atom. The summed E-state index contributed by atoms with van der Waals surface area (Å²) in [6.45, 7) is 6.26. The van der Waals surface area contributed by atoms with Crippen molar-refractivity contribution in [2.75, 3.05) is 36.5 Å². The highest BCUT2D eigenvalue weighted by Crippen LogP contribution is 2.28. The predicted molar refractivity (Wildman–Crippen MR) is 116 cm³/mol. The van der Waals surface area contributed by atoms with Crippen molar-refractivity contribution in [2.24, 2.45) is 7.05 Å². The fourth-order valence-electron chi connectivity index (χ4n) is 3.81. The second kappa shape index (κ2) is 8.31. The molecule has 2 aromatic heterocycles. The molecule has 0 amide bonds. The molecular formula is C21H24N6O4. The van der Waals surface area contributed by atoms with Gasteiger partial charge in [-0.15, -0.1) is 5.10 Å². The Morgan fingerprint density at radius 3 is 2.74 bits per heavy atom. The summed E-state index contributed by atoms with van der Waals surface area (Å²) in [6, 6.07) is 4.80. The first-order valence-electron chi connectivity index (χ1n) is 10.0. The van der Waals surface area contributed by atoms with Crippen LogP contribution in [0.3, 0.4) is 0 Å². The fourth-order valence-corrected chi connectivity index (χ4v) is 3.81. The second-order valence-electron chi connectivity index (χ2n) is 7.59. The lowest BCUT2D eigenvalue weighted by atomic mass is 10.0. The molecule has 0 radical (unpaired) electrons. The third-order valence-electron chi connectivity index (χ3n) is 5.40. The number of aromatic carboxylic acids is 1. The van der Waals surface area contributed by atoms with E-state index in [0.29, 0.717) is 43.2 Å². The lowest BCUT2D eigenvalue weighted by molar-refractivity contribution is 0.0697. The maximum absolute atomic E-state index is 13.2. The van der Waals surface area contributed by atoms with Gasteiger partial charge in [0, 0.05) is 25.7 Å². The highest BCUT2D eigenvalue weighted by atomic mass is 16.5. The van der Waals surface area contributed by atoms with Crippen LogP contribution < -0.4 is 15.8 Å². The molecular weight excluding hydrogens is 400 g/mol. The lowest BCUT2D eigenvalue weighted by Gasteiger charge is -2.29. The zero-order valence-electron chi connectivity index (χ0n) is 17.6. The van der Waals surface area contributed by atoms with Crippen molar-refractivity contribution in [1.82, 2.24) is 19.7 Å². The third kappa shape index (κ3) is 3.93. The molecule has 0 aliphatic carbocycles. The van der Waals surface area contributed by atoms with E-state index in [0.717, 1.165) is 11.1 Å². The summed E-state index contributed by atoms with van der Waals surface area (Å²) < 4.78 is 7.00. The molecule has 0 spiro atoms. The molecule has 31 heavy (non-hydrogen) atoms. The monoisotopic (exact) mass is 424 g/mol. The number of ether oxygens (including phenoxy) is 1. The molecule has 1 saturated heterocycles. The Morgan fingerprint density at radius 2 is 2.03 bits per heavy atom. The largest absolute Gasteiger partial charge is 0.478 e. The molecule has 1 aromatic carbocycles. The van der Waals surface area contributed by atoms with Gasteiger partial charge in [-0.05, 0) is 31.5 Å². The first-order chi connectivity index (χ1) is 14.9. The molecule has 1 atom stereocenters. The number of rotatable bonds is 5. The highest BCUT2D eigenvalue weighted by molar-refractivity contribution is 5.93. The summed E-state index contributed by atoms with van der Waals surface area (Å²) in [7, 11) is 1.72. The number of carboxylic acids is 1. The van der Waals surface area contributed by atoms with Gasteiger partial charge in [0.15, 0.2) is 5.82 Å². The summed E-state index contributed by atoms with van der Waals surface area (Å²) in [6.07, 6.45) is 1.33. The average molecular weight is 424 g/mol. The minimum Gasteiger partial charge on any atom is -0.478 e. The molecule has 0 bridgehead atoms. The molecule has 1 aliphatic rings. The Kier molecular flexibility index (Phi) is 5.55. The molecule has 1 fully saturated rings. The minimum atomic E-state index is -1.10. The number of morpholine rings is 1. The SMILES string of the molecule is Cc1cc([C@@H](C)Nc2nnccc2C(=O)O)c2nc(N3CCOCC3)n(C)c(=O)c2c1. The first kappa shape index (κ1) is 20.7. The third-order valence-corrected chi connectivity index (χ3v) is 5.40. The van der Waals surface area contributed by atoms with Crippen LogP contribution >= 0.6 is 0 Å². The van der Waals surface area contributed by atoms with E-state index in [-0.39, 0.29) is 23.0 Å². The van der Waals surface area contributed by atoms with E-state index in [4.69, 9.17) is 9.72 Å². The number of hydrogen-bond acceptors (Lipinski definition) is 8. The van der Waals surface area contributed by atoms with Crippen LogP contribution in [0, 0.1) is 6.92 Å². The van der Waals surface area contributed by atoms with Gasteiger partial charge in [-0.3, -0.25) is 9.36 Å². The highest BCUT2D eigenvalue weighted by Gasteiger charge is 2.22. The predicted octanol–water partition coefficient (Wildman–Crippen LogP) is 1.74. The van der Waals surface area contributed by atoms with Gasteiger partial charge in [-0.2, -0.15) is 5.10 Å². The van der Waals surface area contributed by atoms with E-state index in [1.54, 1.807) is 11.6 Å². The summed E-state index contributed by atoms with van der Waals surface area (Å²) in [4.78, 5) is 31.6. The van der Waals surface area contributed by atoms with E-state index in [2.05, 4.69) is 15.5 Å². The Bertz CT molecular complexity index is 1200. The van der Waals surface area contributed by atoms with Crippen molar-refractivity contribution in [3.63, 3.8) is 0 Å². The van der Waals surface area contributed by atoms with E-state index >= 15 is 0 Å². The zero-order valence-corrected chi connectivity index (χ0v) is 17.6. The van der Waals surface area contributed by atoms with Crippen LogP contribution in [0.5, 0.6) is 0 Å². The van der Waals surface area contributed by atoms with E-state index in [1.165, 1.54) is 12.3 Å². The minimum absolute atomic E-state index is 0.0247. The summed E-state index contributed by atoms with van der Waals surface area (Å²) >= 11 is 0. The topological polar surface area (TPSA) is 122 Å². The molecule has 3 aromatic rings. The number of aromatic nitrogens is 4. The number of benzene rings is 1. The van der Waals surface area contributed by atoms with Crippen LogP contribution in [0.2, 0.25) is 0 Å². The summed E-state index contributed by atoms with van der Waals surface area (Å²) in [5.74, 6) is -0.349. The van der Waals surface area contributed by atoms with Crippen LogP contribution in [-0.4, -0.2) is 57.1 Å². The molecule has 2 N–H and O–H groups in total. The summed E-state index contributed by atoms with van der Waals surface area (Å²) in [5.41, 5.74) is 2.16. The molecule has 3 heterocycles. The van der Waals surface area contributed by atoms with Gasteiger partial charge in [0.05, 0.1) is 36.4 Å². The van der Waals surface area contributed by atoms with Gasteiger partial charge in [0.2, 0.25) is 5.95 Å². The molecule has 162 valence electrons. The Balaban J connectivity index is 1.83. The van der Waals surface area contributed by atoms with Gasteiger partial charge >= 0.3 is 5.97 Å². The van der Waals surface area contributed by atoms with Crippen molar-refractivity contribution in [3.8, 4) is 0 Å². The van der Waals surface area contributed by atoms with Crippen molar-refractivity contribution in [3.05, 3.63) is 51.4 Å². The van der Waals surface area contributed by atoms with Gasteiger partial charge in [0.1, 0.15) is 5.56 Å². The van der Waals surface area contributed by atoms with E-state index < -0.39 is 5.97 Å². The van der Waals surface area contributed by atoms with Crippen molar-refractivity contribution >= 4 is 28.6 Å². The molecule has 0 unspecified atom stereocenters. The fraction of sp³-hybridized carbons (Fsp3) is 0.381. The van der Waals surface area contributed by atoms with E-state index in [1.807, 2.05) is 30.9 Å². The van der Waals surface area contributed by atoms with Crippen LogP contribution in [0.1, 0.15) is 34.5 Å². The van der Waals surface area contributed by atoms with E-state index in [9.17, 15) is 14.7 Å². The van der Waals surface area contributed by atoms with Crippen LogP contribution in [0.25, 0.3) is 10.9 Å². The number of aryl methyl sites for hydroxylation is 1. The smallest absolute Gasteiger partial charge is 0.339 e. The van der Waals surface area contributed by atoms with Crippen LogP contribution in [-0.2, 0) is 11.8 Å². The number of nitrogens with one attached hydrogen (secondary N) is 1. The van der Waals surface area contributed by atoms with Crippen LogP contribution in [0.4, 0.5) is 11.8 Å². The number of nitrogens with zero attached hydrogens (tertiary/aromatic N) is 5. The van der Waals surface area contributed by atoms with Crippen molar-refractivity contribution in [1.29, 1.82) is 0 Å². The van der Waals surface area contributed by atoms with Gasteiger partial charge < -0.3 is 20.1 Å².